The van der Waals surface area contributed by atoms with Crippen molar-refractivity contribution in [1.29, 1.82) is 0 Å². The average Bonchev–Trinajstić information content (AvgIpc) is 3.01. The van der Waals surface area contributed by atoms with Crippen molar-refractivity contribution in [3.05, 3.63) is 29.3 Å². The van der Waals surface area contributed by atoms with Crippen molar-refractivity contribution >= 4 is 35.2 Å². The number of benzene rings is 1. The molecule has 7 heteroatoms. The smallest absolute Gasteiger partial charge is 0.332 e. The van der Waals surface area contributed by atoms with Crippen LogP contribution in [0.5, 0.6) is 0 Å². The second-order valence-corrected chi connectivity index (χ2v) is 5.64. The van der Waals surface area contributed by atoms with Crippen molar-refractivity contribution in [2.75, 3.05) is 11.5 Å². The number of halogens is 1. The molecular weight excluding hydrogens is 308 g/mol. The Hall–Kier alpha value is -2.08. The summed E-state index contributed by atoms with van der Waals surface area (Å²) in [6.45, 7) is 1.95. The number of nitrogens with zero attached hydrogens (tertiary/aromatic N) is 2. The monoisotopic (exact) mass is 322 g/mol. The zero-order valence-corrected chi connectivity index (χ0v) is 12.7. The lowest BCUT2D eigenvalue weighted by atomic mass is 10.1. The summed E-state index contributed by atoms with van der Waals surface area (Å²) in [7, 11) is 0. The minimum Gasteiger partial charge on any atom is -0.464 e. The van der Waals surface area contributed by atoms with Crippen LogP contribution in [0.1, 0.15) is 19.8 Å². The van der Waals surface area contributed by atoms with Gasteiger partial charge in [-0.3, -0.25) is 9.69 Å². The molecule has 2 atom stereocenters. The quantitative estimate of drug-likeness (QED) is 0.632. The number of rotatable bonds is 3. The Labute approximate surface area is 132 Å². The standard InChI is InChI=1S/C15H15ClN2O4/c1-2-22-14(20)12-7-6-11-13(19)17(15(21)18(11)12)10-5-3-4-9(16)8-10/h3-5,8,11-12H,2,6-7H2,1H3. The van der Waals surface area contributed by atoms with Crippen LogP contribution in [-0.4, -0.2) is 41.5 Å². The fourth-order valence-corrected chi connectivity index (χ4v) is 3.19. The molecule has 22 heavy (non-hydrogen) atoms. The highest BCUT2D eigenvalue weighted by atomic mass is 35.5. The van der Waals surface area contributed by atoms with Gasteiger partial charge in [-0.1, -0.05) is 17.7 Å². The van der Waals surface area contributed by atoms with Crippen molar-refractivity contribution in [1.82, 2.24) is 4.90 Å². The van der Waals surface area contributed by atoms with Crippen molar-refractivity contribution in [3.8, 4) is 0 Å². The summed E-state index contributed by atoms with van der Waals surface area (Å²) in [5.41, 5.74) is 0.416. The van der Waals surface area contributed by atoms with Crippen LogP contribution in [0.4, 0.5) is 10.5 Å². The summed E-state index contributed by atoms with van der Waals surface area (Å²) < 4.78 is 4.99. The SMILES string of the molecule is CCOC(=O)C1CCC2C(=O)N(c3cccc(Cl)c3)C(=O)N12. The van der Waals surface area contributed by atoms with Gasteiger partial charge in [0.1, 0.15) is 12.1 Å². The molecule has 116 valence electrons. The number of hydrogen-bond acceptors (Lipinski definition) is 4. The van der Waals surface area contributed by atoms with Gasteiger partial charge in [0, 0.05) is 5.02 Å². The maximum atomic E-state index is 12.6. The Morgan fingerprint density at radius 2 is 2.14 bits per heavy atom. The zero-order chi connectivity index (χ0) is 15.9. The summed E-state index contributed by atoms with van der Waals surface area (Å²) in [5.74, 6) is -0.779. The van der Waals surface area contributed by atoms with E-state index in [1.165, 1.54) is 4.90 Å². The van der Waals surface area contributed by atoms with Gasteiger partial charge in [-0.2, -0.15) is 0 Å². The normalized spacial score (nSPS) is 23.9. The number of fused-ring (bicyclic) bond motifs is 1. The molecule has 0 N–H and O–H groups in total. The van der Waals surface area contributed by atoms with E-state index in [-0.39, 0.29) is 12.5 Å². The first-order chi connectivity index (χ1) is 10.5. The molecule has 0 bridgehead atoms. The van der Waals surface area contributed by atoms with Gasteiger partial charge in [-0.05, 0) is 38.0 Å². The van der Waals surface area contributed by atoms with Gasteiger partial charge in [0.05, 0.1) is 12.3 Å². The molecule has 0 spiro atoms. The zero-order valence-electron chi connectivity index (χ0n) is 12.0. The van der Waals surface area contributed by atoms with E-state index in [9.17, 15) is 14.4 Å². The first kappa shape index (κ1) is 14.8. The van der Waals surface area contributed by atoms with Crippen LogP contribution < -0.4 is 4.90 Å². The van der Waals surface area contributed by atoms with Gasteiger partial charge < -0.3 is 4.74 Å². The number of carbonyl (C=O) groups excluding carboxylic acids is 3. The van der Waals surface area contributed by atoms with Gasteiger partial charge in [0.25, 0.3) is 5.91 Å². The maximum Gasteiger partial charge on any atom is 0.332 e. The summed E-state index contributed by atoms with van der Waals surface area (Å²) in [6, 6.07) is 4.75. The fraction of sp³-hybridized carbons (Fsp3) is 0.400. The van der Waals surface area contributed by atoms with Crippen molar-refractivity contribution in [2.45, 2.75) is 31.8 Å². The Bertz CT molecular complexity index is 648. The lowest BCUT2D eigenvalue weighted by molar-refractivity contribution is -0.147. The average molecular weight is 323 g/mol. The maximum absolute atomic E-state index is 12.6. The highest BCUT2D eigenvalue weighted by molar-refractivity contribution is 6.31. The number of imide groups is 1. The number of hydrogen-bond donors (Lipinski definition) is 0. The predicted octanol–water partition coefficient (Wildman–Crippen LogP) is 2.20. The van der Waals surface area contributed by atoms with Gasteiger partial charge in [0.15, 0.2) is 0 Å². The molecule has 2 aliphatic heterocycles. The van der Waals surface area contributed by atoms with Crippen LogP contribution in [0.15, 0.2) is 24.3 Å². The molecule has 0 saturated carbocycles. The van der Waals surface area contributed by atoms with E-state index in [1.807, 2.05) is 0 Å². The molecule has 2 fully saturated rings. The Morgan fingerprint density at radius 3 is 2.82 bits per heavy atom. The van der Waals surface area contributed by atoms with Gasteiger partial charge in [0.2, 0.25) is 0 Å². The first-order valence-corrected chi connectivity index (χ1v) is 7.51. The molecule has 0 radical (unpaired) electrons. The van der Waals surface area contributed by atoms with Gasteiger partial charge in [-0.15, -0.1) is 0 Å². The first-order valence-electron chi connectivity index (χ1n) is 7.13. The Balaban J connectivity index is 1.90. The van der Waals surface area contributed by atoms with Crippen LogP contribution >= 0.6 is 11.6 Å². The van der Waals surface area contributed by atoms with Crippen LogP contribution in [-0.2, 0) is 14.3 Å². The number of anilines is 1. The molecule has 1 aromatic carbocycles. The van der Waals surface area contributed by atoms with Crippen molar-refractivity contribution < 1.29 is 19.1 Å². The van der Waals surface area contributed by atoms with Crippen LogP contribution in [0.2, 0.25) is 5.02 Å². The summed E-state index contributed by atoms with van der Waals surface area (Å²) in [5, 5.41) is 0.437. The second kappa shape index (κ2) is 5.61. The number of esters is 1. The molecule has 2 saturated heterocycles. The van der Waals surface area contributed by atoms with E-state index in [1.54, 1.807) is 31.2 Å². The molecule has 2 unspecified atom stereocenters. The lowest BCUT2D eigenvalue weighted by Gasteiger charge is -2.21. The third kappa shape index (κ3) is 2.23. The number of ether oxygens (including phenoxy) is 1. The van der Waals surface area contributed by atoms with E-state index in [2.05, 4.69) is 0 Å². The molecule has 3 rings (SSSR count). The number of amides is 3. The Morgan fingerprint density at radius 1 is 1.36 bits per heavy atom. The van der Waals surface area contributed by atoms with Crippen LogP contribution in [0, 0.1) is 0 Å². The Kier molecular flexibility index (Phi) is 3.78. The minimum absolute atomic E-state index is 0.244. The highest BCUT2D eigenvalue weighted by Crippen LogP contribution is 2.36. The summed E-state index contributed by atoms with van der Waals surface area (Å²) >= 11 is 5.92. The van der Waals surface area contributed by atoms with E-state index >= 15 is 0 Å². The third-order valence-electron chi connectivity index (χ3n) is 3.93. The summed E-state index contributed by atoms with van der Waals surface area (Å²) in [6.07, 6.45) is 0.912. The fourth-order valence-electron chi connectivity index (χ4n) is 3.00. The molecular formula is C15H15ClN2O4. The molecule has 2 aliphatic rings. The lowest BCUT2D eigenvalue weighted by Crippen LogP contribution is -2.43. The predicted molar refractivity (Wildman–Crippen MR) is 79.6 cm³/mol. The van der Waals surface area contributed by atoms with E-state index in [0.29, 0.717) is 23.6 Å². The summed E-state index contributed by atoms with van der Waals surface area (Å²) in [4.78, 5) is 39.5. The highest BCUT2D eigenvalue weighted by Gasteiger charge is 2.54. The third-order valence-corrected chi connectivity index (χ3v) is 4.16. The molecule has 2 heterocycles. The molecule has 1 aromatic rings. The molecule has 6 nitrogen and oxygen atoms in total. The molecule has 3 amide bonds. The topological polar surface area (TPSA) is 66.9 Å². The second-order valence-electron chi connectivity index (χ2n) is 5.20. The van der Waals surface area contributed by atoms with Gasteiger partial charge in [-0.25, -0.2) is 14.5 Å². The molecule has 0 aromatic heterocycles. The van der Waals surface area contributed by atoms with E-state index in [0.717, 1.165) is 4.90 Å². The van der Waals surface area contributed by atoms with Gasteiger partial charge >= 0.3 is 12.0 Å². The molecule has 0 aliphatic carbocycles. The van der Waals surface area contributed by atoms with Crippen LogP contribution in [0.25, 0.3) is 0 Å². The van der Waals surface area contributed by atoms with E-state index < -0.39 is 24.1 Å². The van der Waals surface area contributed by atoms with E-state index in [4.69, 9.17) is 16.3 Å². The number of urea groups is 1. The van der Waals surface area contributed by atoms with Crippen molar-refractivity contribution in [2.24, 2.45) is 0 Å². The number of carbonyl (C=O) groups is 3. The minimum atomic E-state index is -0.689. The largest absolute Gasteiger partial charge is 0.464 e. The van der Waals surface area contributed by atoms with Crippen molar-refractivity contribution in [3.63, 3.8) is 0 Å². The van der Waals surface area contributed by atoms with Crippen LogP contribution in [0.3, 0.4) is 0 Å².